The summed E-state index contributed by atoms with van der Waals surface area (Å²) in [7, 11) is 1.59. The molecule has 8 nitrogen and oxygen atoms in total. The van der Waals surface area contributed by atoms with Crippen molar-refractivity contribution >= 4 is 17.4 Å². The summed E-state index contributed by atoms with van der Waals surface area (Å²) in [6, 6.07) is 5.57. The van der Waals surface area contributed by atoms with Gasteiger partial charge in [0.25, 0.3) is 5.91 Å². The smallest absolute Gasteiger partial charge is 0.258 e. The van der Waals surface area contributed by atoms with Gasteiger partial charge in [-0.05, 0) is 32.0 Å². The van der Waals surface area contributed by atoms with E-state index in [1.165, 1.54) is 6.33 Å². The standard InChI is InChI=1S/C17H19N5O3/c1-17(2)13-14(20-8-21-16(13)19)10-5-4-9(24-3)6-11(10)15(17)22-25-7-12(18)23/h4-6,8H,7H2,1-3H3,(H2,18,23)(H2,19,20,21)/b22-15+. The number of ether oxygens (including phenoxy) is 1. The summed E-state index contributed by atoms with van der Waals surface area (Å²) in [6.07, 6.45) is 1.43. The van der Waals surface area contributed by atoms with E-state index in [0.717, 1.165) is 22.4 Å². The molecule has 1 aromatic heterocycles. The van der Waals surface area contributed by atoms with Gasteiger partial charge in [0, 0.05) is 22.1 Å². The molecule has 1 heterocycles. The highest BCUT2D eigenvalue weighted by Gasteiger charge is 2.40. The van der Waals surface area contributed by atoms with E-state index in [1.807, 2.05) is 32.0 Å². The second kappa shape index (κ2) is 6.04. The lowest BCUT2D eigenvalue weighted by Gasteiger charge is -2.34. The Morgan fingerprint density at radius 1 is 1.28 bits per heavy atom. The molecule has 1 amide bonds. The van der Waals surface area contributed by atoms with E-state index in [0.29, 0.717) is 17.3 Å². The number of carbonyl (C=O) groups is 1. The molecular weight excluding hydrogens is 322 g/mol. The largest absolute Gasteiger partial charge is 0.497 e. The zero-order valence-corrected chi connectivity index (χ0v) is 14.2. The van der Waals surface area contributed by atoms with E-state index >= 15 is 0 Å². The molecule has 1 aromatic carbocycles. The van der Waals surface area contributed by atoms with Crippen LogP contribution in [0.25, 0.3) is 11.3 Å². The number of anilines is 1. The summed E-state index contributed by atoms with van der Waals surface area (Å²) in [5.41, 5.74) is 14.3. The average molecular weight is 341 g/mol. The number of nitrogen functional groups attached to an aromatic ring is 1. The summed E-state index contributed by atoms with van der Waals surface area (Å²) in [4.78, 5) is 24.6. The summed E-state index contributed by atoms with van der Waals surface area (Å²) >= 11 is 0. The average Bonchev–Trinajstić information content (AvgIpc) is 2.56. The van der Waals surface area contributed by atoms with E-state index in [2.05, 4.69) is 15.1 Å². The molecule has 1 aliphatic rings. The molecule has 1 aliphatic carbocycles. The third-order valence-electron chi connectivity index (χ3n) is 4.19. The number of primary amides is 1. The minimum Gasteiger partial charge on any atom is -0.497 e. The van der Waals surface area contributed by atoms with Crippen LogP contribution in [0.2, 0.25) is 0 Å². The lowest BCUT2D eigenvalue weighted by atomic mass is 9.70. The molecule has 130 valence electrons. The molecule has 0 fully saturated rings. The molecule has 0 unspecified atom stereocenters. The Labute approximate surface area is 144 Å². The van der Waals surface area contributed by atoms with Gasteiger partial charge >= 0.3 is 0 Å². The molecule has 3 rings (SSSR count). The quantitative estimate of drug-likeness (QED) is 0.806. The normalized spacial score (nSPS) is 16.0. The summed E-state index contributed by atoms with van der Waals surface area (Å²) in [6.45, 7) is 3.58. The van der Waals surface area contributed by atoms with Gasteiger partial charge in [0.05, 0.1) is 18.5 Å². The fourth-order valence-corrected chi connectivity index (χ4v) is 3.05. The van der Waals surface area contributed by atoms with E-state index < -0.39 is 11.3 Å². The lowest BCUT2D eigenvalue weighted by molar-refractivity contribution is -0.122. The molecule has 0 bridgehead atoms. The van der Waals surface area contributed by atoms with E-state index in [9.17, 15) is 4.79 Å². The van der Waals surface area contributed by atoms with Crippen molar-refractivity contribution in [1.29, 1.82) is 0 Å². The van der Waals surface area contributed by atoms with Crippen LogP contribution in [0.1, 0.15) is 25.0 Å². The topological polar surface area (TPSA) is 126 Å². The second-order valence-corrected chi connectivity index (χ2v) is 6.20. The van der Waals surface area contributed by atoms with Crippen LogP contribution in [0, 0.1) is 0 Å². The number of hydrogen-bond acceptors (Lipinski definition) is 7. The number of oxime groups is 1. The Bertz CT molecular complexity index is 877. The molecule has 4 N–H and O–H groups in total. The molecule has 0 saturated heterocycles. The van der Waals surface area contributed by atoms with Crippen LogP contribution in [-0.2, 0) is 15.0 Å². The fourth-order valence-electron chi connectivity index (χ4n) is 3.05. The molecule has 25 heavy (non-hydrogen) atoms. The zero-order valence-electron chi connectivity index (χ0n) is 14.2. The monoisotopic (exact) mass is 341 g/mol. The predicted molar refractivity (Wildman–Crippen MR) is 93.1 cm³/mol. The Morgan fingerprint density at radius 2 is 2.04 bits per heavy atom. The predicted octanol–water partition coefficient (Wildman–Crippen LogP) is 1.23. The first kappa shape index (κ1) is 16.7. The lowest BCUT2D eigenvalue weighted by Crippen LogP contribution is -2.36. The molecule has 8 heteroatoms. The summed E-state index contributed by atoms with van der Waals surface area (Å²) < 4.78 is 5.32. The Balaban J connectivity index is 2.26. The van der Waals surface area contributed by atoms with Crippen LogP contribution in [0.3, 0.4) is 0 Å². The van der Waals surface area contributed by atoms with Crippen molar-refractivity contribution in [3.05, 3.63) is 35.7 Å². The van der Waals surface area contributed by atoms with Gasteiger partial charge < -0.3 is 21.0 Å². The minimum absolute atomic E-state index is 0.313. The SMILES string of the molecule is COc1ccc2c(c1)/C(=N\OCC(N)=O)C(C)(C)c1c(N)ncnc1-2. The van der Waals surface area contributed by atoms with Crippen LogP contribution < -0.4 is 16.2 Å². The van der Waals surface area contributed by atoms with Crippen molar-refractivity contribution in [3.8, 4) is 17.0 Å². The third-order valence-corrected chi connectivity index (χ3v) is 4.19. The first-order valence-electron chi connectivity index (χ1n) is 7.64. The molecule has 0 radical (unpaired) electrons. The van der Waals surface area contributed by atoms with E-state index in [1.54, 1.807) is 7.11 Å². The van der Waals surface area contributed by atoms with Crippen LogP contribution in [-0.4, -0.2) is 35.3 Å². The molecule has 0 spiro atoms. The zero-order chi connectivity index (χ0) is 18.2. The number of aromatic nitrogens is 2. The van der Waals surface area contributed by atoms with Gasteiger partial charge in [-0.2, -0.15) is 0 Å². The van der Waals surface area contributed by atoms with Gasteiger partial charge in [0.1, 0.15) is 17.9 Å². The van der Waals surface area contributed by atoms with Gasteiger partial charge in [0.2, 0.25) is 0 Å². The van der Waals surface area contributed by atoms with Crippen LogP contribution >= 0.6 is 0 Å². The number of rotatable bonds is 4. The van der Waals surface area contributed by atoms with Crippen LogP contribution in [0.5, 0.6) is 5.75 Å². The Morgan fingerprint density at radius 3 is 2.72 bits per heavy atom. The highest BCUT2D eigenvalue weighted by Crippen LogP contribution is 2.45. The first-order valence-corrected chi connectivity index (χ1v) is 7.64. The first-order chi connectivity index (χ1) is 11.9. The van der Waals surface area contributed by atoms with Crippen LogP contribution in [0.15, 0.2) is 29.7 Å². The number of nitrogens with zero attached hydrogens (tertiary/aromatic N) is 3. The number of hydrogen-bond donors (Lipinski definition) is 2. The van der Waals surface area contributed by atoms with Crippen molar-refractivity contribution in [2.75, 3.05) is 19.5 Å². The summed E-state index contributed by atoms with van der Waals surface area (Å²) in [5, 5.41) is 4.18. The number of methoxy groups -OCH3 is 1. The van der Waals surface area contributed by atoms with Gasteiger partial charge in [-0.15, -0.1) is 0 Å². The fraction of sp³-hybridized carbons (Fsp3) is 0.294. The highest BCUT2D eigenvalue weighted by molar-refractivity contribution is 6.15. The third kappa shape index (κ3) is 2.75. The van der Waals surface area contributed by atoms with E-state index in [-0.39, 0.29) is 6.61 Å². The number of benzene rings is 1. The highest BCUT2D eigenvalue weighted by atomic mass is 16.6. The second-order valence-electron chi connectivity index (χ2n) is 6.20. The maximum Gasteiger partial charge on any atom is 0.258 e. The van der Waals surface area contributed by atoms with Gasteiger partial charge in [0.15, 0.2) is 6.61 Å². The number of amides is 1. The van der Waals surface area contributed by atoms with Crippen molar-refractivity contribution < 1.29 is 14.4 Å². The van der Waals surface area contributed by atoms with Gasteiger partial charge in [-0.3, -0.25) is 4.79 Å². The maximum atomic E-state index is 11.0. The molecule has 0 atom stereocenters. The van der Waals surface area contributed by atoms with Crippen LogP contribution in [0.4, 0.5) is 5.82 Å². The number of carbonyl (C=O) groups excluding carboxylic acids is 1. The van der Waals surface area contributed by atoms with Crippen molar-refractivity contribution in [2.24, 2.45) is 10.9 Å². The van der Waals surface area contributed by atoms with Crippen molar-refractivity contribution in [3.63, 3.8) is 0 Å². The Hall–Kier alpha value is -3.16. The summed E-state index contributed by atoms with van der Waals surface area (Å²) in [5.74, 6) is 0.439. The van der Waals surface area contributed by atoms with Crippen molar-refractivity contribution in [1.82, 2.24) is 9.97 Å². The molecule has 0 saturated carbocycles. The van der Waals surface area contributed by atoms with Gasteiger partial charge in [-0.1, -0.05) is 5.16 Å². The molecule has 2 aromatic rings. The van der Waals surface area contributed by atoms with Gasteiger partial charge in [-0.25, -0.2) is 9.97 Å². The molecular formula is C17H19N5O3. The van der Waals surface area contributed by atoms with E-state index in [4.69, 9.17) is 21.0 Å². The molecule has 0 aliphatic heterocycles. The van der Waals surface area contributed by atoms with Crippen molar-refractivity contribution in [2.45, 2.75) is 19.3 Å². The maximum absolute atomic E-state index is 11.0. The Kier molecular flexibility index (Phi) is 4.03. The number of fused-ring (bicyclic) bond motifs is 3. The minimum atomic E-state index is -0.641. The number of nitrogens with two attached hydrogens (primary N) is 2.